The van der Waals surface area contributed by atoms with Gasteiger partial charge >= 0.3 is 0 Å². The van der Waals surface area contributed by atoms with Crippen LogP contribution in [0.15, 0.2) is 46.9 Å². The van der Waals surface area contributed by atoms with Gasteiger partial charge in [-0.05, 0) is 42.3 Å². The van der Waals surface area contributed by atoms with Crippen molar-refractivity contribution in [3.8, 4) is 0 Å². The maximum atomic E-state index is 13.0. The van der Waals surface area contributed by atoms with E-state index in [-0.39, 0.29) is 5.91 Å². The van der Waals surface area contributed by atoms with Crippen molar-refractivity contribution in [3.05, 3.63) is 58.1 Å². The summed E-state index contributed by atoms with van der Waals surface area (Å²) in [5.41, 5.74) is 3.37. The van der Waals surface area contributed by atoms with Crippen LogP contribution in [-0.2, 0) is 17.4 Å². The van der Waals surface area contributed by atoms with Gasteiger partial charge in [-0.3, -0.25) is 9.10 Å². The van der Waals surface area contributed by atoms with Gasteiger partial charge in [-0.1, -0.05) is 28.1 Å². The summed E-state index contributed by atoms with van der Waals surface area (Å²) in [5.74, 6) is -0.0565. The van der Waals surface area contributed by atoms with Crippen molar-refractivity contribution in [2.75, 3.05) is 29.1 Å². The molecule has 0 bridgehead atoms. The molecule has 6 heteroatoms. The highest BCUT2D eigenvalue weighted by molar-refractivity contribution is 9.10. The summed E-state index contributed by atoms with van der Waals surface area (Å²) < 4.78 is 14.4. The minimum Gasteiger partial charge on any atom is -0.308 e. The summed E-state index contributed by atoms with van der Waals surface area (Å²) in [6.45, 7) is 0.665. The Kier molecular flexibility index (Phi) is 4.55. The number of benzene rings is 2. The summed E-state index contributed by atoms with van der Waals surface area (Å²) in [5, 5.41) is 0. The molecule has 0 spiro atoms. The lowest BCUT2D eigenvalue weighted by Gasteiger charge is -2.23. The Bertz CT molecular complexity index is 794. The first kappa shape index (κ1) is 16.2. The van der Waals surface area contributed by atoms with Crippen molar-refractivity contribution in [1.82, 2.24) is 0 Å². The molecule has 2 aromatic rings. The standard InChI is InChI=1S/C17H17BrN2O2S/c1-19(23(2)22)16-6-4-3-5-14(16)17(21)20-10-9-12-11-13(18)7-8-15(12)20/h3-8,11H,9-10H2,1-2H3. The van der Waals surface area contributed by atoms with Crippen molar-refractivity contribution >= 4 is 44.2 Å². The molecule has 23 heavy (non-hydrogen) atoms. The number of rotatable bonds is 3. The summed E-state index contributed by atoms with van der Waals surface area (Å²) in [6, 6.07) is 13.3. The maximum Gasteiger partial charge on any atom is 0.260 e. The molecule has 0 radical (unpaired) electrons. The van der Waals surface area contributed by atoms with E-state index in [1.165, 1.54) is 0 Å². The fraction of sp³-hybridized carbons (Fsp3) is 0.235. The van der Waals surface area contributed by atoms with E-state index in [4.69, 9.17) is 0 Å². The van der Waals surface area contributed by atoms with E-state index in [1.54, 1.807) is 28.6 Å². The van der Waals surface area contributed by atoms with E-state index >= 15 is 0 Å². The number of nitrogens with zero attached hydrogens (tertiary/aromatic N) is 2. The van der Waals surface area contributed by atoms with Gasteiger partial charge < -0.3 is 4.90 Å². The third-order valence-electron chi connectivity index (χ3n) is 4.04. The number of hydrogen-bond donors (Lipinski definition) is 0. The minimum atomic E-state index is -1.18. The SMILES string of the molecule is CN(c1ccccc1C(=O)N1CCc2cc(Br)ccc21)S(C)=O. The Morgan fingerprint density at radius 3 is 2.74 bits per heavy atom. The van der Waals surface area contributed by atoms with Crippen molar-refractivity contribution in [3.63, 3.8) is 0 Å². The van der Waals surface area contributed by atoms with Crippen molar-refractivity contribution in [2.45, 2.75) is 6.42 Å². The number of amides is 1. The zero-order valence-corrected chi connectivity index (χ0v) is 15.4. The van der Waals surface area contributed by atoms with Gasteiger partial charge in [0, 0.05) is 30.0 Å². The van der Waals surface area contributed by atoms with Crippen molar-refractivity contribution < 1.29 is 9.00 Å². The number of fused-ring (bicyclic) bond motifs is 1. The molecular formula is C17H17BrN2O2S. The molecule has 4 nitrogen and oxygen atoms in total. The highest BCUT2D eigenvalue weighted by Gasteiger charge is 2.27. The predicted molar refractivity (Wildman–Crippen MR) is 98.4 cm³/mol. The Morgan fingerprint density at radius 1 is 1.26 bits per heavy atom. The summed E-state index contributed by atoms with van der Waals surface area (Å²) in [4.78, 5) is 14.8. The van der Waals surface area contributed by atoms with Gasteiger partial charge in [0.2, 0.25) is 0 Å². The number of anilines is 2. The Hall–Kier alpha value is -1.66. The lowest BCUT2D eigenvalue weighted by molar-refractivity contribution is 0.0990. The van der Waals surface area contributed by atoms with Gasteiger partial charge in [-0.15, -0.1) is 0 Å². The van der Waals surface area contributed by atoms with E-state index in [1.807, 2.05) is 30.3 Å². The van der Waals surface area contributed by atoms with Crippen LogP contribution in [0.5, 0.6) is 0 Å². The molecule has 0 N–H and O–H groups in total. The van der Waals surface area contributed by atoms with Crippen LogP contribution in [0.4, 0.5) is 11.4 Å². The van der Waals surface area contributed by atoms with Crippen LogP contribution in [0.2, 0.25) is 0 Å². The van der Waals surface area contributed by atoms with E-state index in [9.17, 15) is 9.00 Å². The molecule has 1 amide bonds. The van der Waals surface area contributed by atoms with Crippen LogP contribution >= 0.6 is 15.9 Å². The second-order valence-corrected chi connectivity index (χ2v) is 7.73. The number of halogens is 1. The Morgan fingerprint density at radius 2 is 2.00 bits per heavy atom. The molecule has 0 saturated carbocycles. The van der Waals surface area contributed by atoms with Crippen molar-refractivity contribution in [1.29, 1.82) is 0 Å². The molecule has 120 valence electrons. The van der Waals surface area contributed by atoms with Crippen LogP contribution in [-0.4, -0.2) is 30.0 Å². The second-order valence-electron chi connectivity index (χ2n) is 5.42. The van der Waals surface area contributed by atoms with Crippen LogP contribution in [0.1, 0.15) is 15.9 Å². The number of para-hydroxylation sites is 1. The fourth-order valence-corrected chi connectivity index (χ4v) is 3.64. The predicted octanol–water partition coefficient (Wildman–Crippen LogP) is 3.38. The van der Waals surface area contributed by atoms with Crippen molar-refractivity contribution in [2.24, 2.45) is 0 Å². The number of carbonyl (C=O) groups is 1. The van der Waals surface area contributed by atoms with E-state index in [0.29, 0.717) is 17.8 Å². The van der Waals surface area contributed by atoms with E-state index < -0.39 is 11.0 Å². The first-order chi connectivity index (χ1) is 11.0. The lowest BCUT2D eigenvalue weighted by Crippen LogP contribution is -2.31. The number of hydrogen-bond acceptors (Lipinski definition) is 2. The third-order valence-corrected chi connectivity index (χ3v) is 5.50. The summed E-state index contributed by atoms with van der Waals surface area (Å²) in [6.07, 6.45) is 2.45. The Labute approximate surface area is 146 Å². The van der Waals surface area contributed by atoms with Gasteiger partial charge in [0.1, 0.15) is 11.0 Å². The topological polar surface area (TPSA) is 40.6 Å². The normalized spacial score (nSPS) is 14.5. The van der Waals surface area contributed by atoms with E-state index in [0.717, 1.165) is 22.1 Å². The highest BCUT2D eigenvalue weighted by atomic mass is 79.9. The first-order valence-corrected chi connectivity index (χ1v) is 9.56. The van der Waals surface area contributed by atoms with Gasteiger partial charge in [0.25, 0.3) is 5.91 Å². The fourth-order valence-electron chi connectivity index (χ4n) is 2.79. The molecule has 0 saturated heterocycles. The molecule has 1 heterocycles. The highest BCUT2D eigenvalue weighted by Crippen LogP contribution is 2.33. The third kappa shape index (κ3) is 3.05. The molecule has 0 fully saturated rings. The first-order valence-electron chi connectivity index (χ1n) is 7.25. The molecule has 3 rings (SSSR count). The van der Waals surface area contributed by atoms with Crippen LogP contribution < -0.4 is 9.21 Å². The average molecular weight is 393 g/mol. The van der Waals surface area contributed by atoms with Gasteiger partial charge in [0.15, 0.2) is 0 Å². The van der Waals surface area contributed by atoms with Crippen LogP contribution in [0.3, 0.4) is 0 Å². The largest absolute Gasteiger partial charge is 0.308 e. The molecule has 0 aliphatic carbocycles. The quantitative estimate of drug-likeness (QED) is 0.802. The lowest BCUT2D eigenvalue weighted by atomic mass is 10.1. The zero-order chi connectivity index (χ0) is 16.6. The van der Waals surface area contributed by atoms with Crippen LogP contribution in [0.25, 0.3) is 0 Å². The molecule has 1 aliphatic heterocycles. The van der Waals surface area contributed by atoms with E-state index in [2.05, 4.69) is 22.0 Å². The molecule has 1 unspecified atom stereocenters. The average Bonchev–Trinajstić information content (AvgIpc) is 2.96. The Balaban J connectivity index is 1.99. The van der Waals surface area contributed by atoms with Gasteiger partial charge in [0.05, 0.1) is 11.3 Å². The summed E-state index contributed by atoms with van der Waals surface area (Å²) in [7, 11) is 0.552. The monoisotopic (exact) mass is 392 g/mol. The molecule has 2 aromatic carbocycles. The van der Waals surface area contributed by atoms with Crippen LogP contribution in [0, 0.1) is 0 Å². The molecule has 0 aromatic heterocycles. The molecule has 1 atom stereocenters. The zero-order valence-electron chi connectivity index (χ0n) is 13.0. The van der Waals surface area contributed by atoms with Gasteiger partial charge in [-0.25, -0.2) is 4.21 Å². The smallest absolute Gasteiger partial charge is 0.260 e. The molecule has 1 aliphatic rings. The second kappa shape index (κ2) is 6.45. The number of carbonyl (C=O) groups excluding carboxylic acids is 1. The maximum absolute atomic E-state index is 13.0. The van der Waals surface area contributed by atoms with Gasteiger partial charge in [-0.2, -0.15) is 0 Å². The minimum absolute atomic E-state index is 0.0565. The molecular weight excluding hydrogens is 376 g/mol. The summed E-state index contributed by atoms with van der Waals surface area (Å²) >= 11 is 3.47.